The number of benzene rings is 1. The van der Waals surface area contributed by atoms with Gasteiger partial charge < -0.3 is 15.4 Å². The number of nitrogens with zero attached hydrogens (tertiary/aromatic N) is 2. The van der Waals surface area contributed by atoms with Crippen LogP contribution in [0.15, 0.2) is 48.7 Å². The number of amides is 1. The van der Waals surface area contributed by atoms with Crippen molar-refractivity contribution in [3.63, 3.8) is 0 Å². The van der Waals surface area contributed by atoms with Gasteiger partial charge in [0.25, 0.3) is 5.91 Å². The fourth-order valence-corrected chi connectivity index (χ4v) is 3.60. The summed E-state index contributed by atoms with van der Waals surface area (Å²) >= 11 is 0. The van der Waals surface area contributed by atoms with Crippen molar-refractivity contribution in [3.05, 3.63) is 59.8 Å². The number of pyridine rings is 1. The highest BCUT2D eigenvalue weighted by molar-refractivity contribution is 5.96. The molecule has 0 bridgehead atoms. The summed E-state index contributed by atoms with van der Waals surface area (Å²) in [7, 11) is 0. The Kier molecular flexibility index (Phi) is 6.23. The van der Waals surface area contributed by atoms with Gasteiger partial charge in [0.15, 0.2) is 0 Å². The highest BCUT2D eigenvalue weighted by Crippen LogP contribution is 2.26. The second kappa shape index (κ2) is 8.81. The normalized spacial score (nSPS) is 19.8. The first-order valence-electron chi connectivity index (χ1n) is 9.37. The predicted molar refractivity (Wildman–Crippen MR) is 102 cm³/mol. The van der Waals surface area contributed by atoms with E-state index in [9.17, 15) is 4.79 Å². The number of rotatable bonds is 6. The molecule has 0 unspecified atom stereocenters. The van der Waals surface area contributed by atoms with Crippen LogP contribution in [0.25, 0.3) is 0 Å². The Balaban J connectivity index is 1.75. The third kappa shape index (κ3) is 4.41. The lowest BCUT2D eigenvalue weighted by Crippen LogP contribution is -2.45. The first-order valence-corrected chi connectivity index (χ1v) is 9.37. The van der Waals surface area contributed by atoms with E-state index >= 15 is 0 Å². The van der Waals surface area contributed by atoms with E-state index in [0.717, 1.165) is 31.2 Å². The van der Waals surface area contributed by atoms with Crippen LogP contribution in [-0.4, -0.2) is 34.4 Å². The van der Waals surface area contributed by atoms with Crippen LogP contribution in [0.2, 0.25) is 0 Å². The summed E-state index contributed by atoms with van der Waals surface area (Å²) in [5.41, 5.74) is 7.69. The highest BCUT2D eigenvalue weighted by atomic mass is 16.5. The van der Waals surface area contributed by atoms with Crippen molar-refractivity contribution in [3.8, 4) is 5.88 Å². The lowest BCUT2D eigenvalue weighted by molar-refractivity contribution is 0.0632. The minimum atomic E-state index is -0.0252. The maximum atomic E-state index is 13.2. The molecular formula is C21H27N3O2. The molecule has 1 fully saturated rings. The van der Waals surface area contributed by atoms with Crippen molar-refractivity contribution < 1.29 is 9.53 Å². The quantitative estimate of drug-likeness (QED) is 0.864. The highest BCUT2D eigenvalue weighted by Gasteiger charge is 2.29. The molecule has 1 aliphatic rings. The predicted octanol–water partition coefficient (Wildman–Crippen LogP) is 3.39. The summed E-state index contributed by atoms with van der Waals surface area (Å²) < 4.78 is 5.86. The minimum absolute atomic E-state index is 0.0252. The van der Waals surface area contributed by atoms with Gasteiger partial charge in [-0.15, -0.1) is 0 Å². The third-order valence-electron chi connectivity index (χ3n) is 4.95. The van der Waals surface area contributed by atoms with Crippen LogP contribution >= 0.6 is 0 Å². The van der Waals surface area contributed by atoms with Crippen molar-refractivity contribution in [2.75, 3.05) is 6.54 Å². The maximum Gasteiger partial charge on any atom is 0.259 e. The summed E-state index contributed by atoms with van der Waals surface area (Å²) in [4.78, 5) is 19.4. The molecular weight excluding hydrogens is 326 g/mol. The second-order valence-corrected chi connectivity index (χ2v) is 6.80. The number of hydrogen-bond donors (Lipinski definition) is 1. The van der Waals surface area contributed by atoms with Crippen LogP contribution in [-0.2, 0) is 6.61 Å². The molecule has 1 aromatic carbocycles. The summed E-state index contributed by atoms with van der Waals surface area (Å²) in [5.74, 6) is 0.364. The molecule has 2 N–H and O–H groups in total. The summed E-state index contributed by atoms with van der Waals surface area (Å²) in [6.45, 7) is 3.06. The fraction of sp³-hybridized carbons (Fsp3) is 0.429. The Labute approximate surface area is 155 Å². The SMILES string of the molecule is CCN(C(=O)c1cccnc1OCc1ccccc1)[C@@H]1CCC[C@H](N)C1. The van der Waals surface area contributed by atoms with Crippen LogP contribution in [0.5, 0.6) is 5.88 Å². The lowest BCUT2D eigenvalue weighted by atomic mass is 9.90. The Bertz CT molecular complexity index is 720. The molecule has 5 nitrogen and oxygen atoms in total. The molecule has 1 aromatic heterocycles. The van der Waals surface area contributed by atoms with Gasteiger partial charge in [-0.05, 0) is 50.3 Å². The number of aromatic nitrogens is 1. The van der Waals surface area contributed by atoms with Crippen LogP contribution in [0.3, 0.4) is 0 Å². The van der Waals surface area contributed by atoms with Gasteiger partial charge in [0.1, 0.15) is 12.2 Å². The third-order valence-corrected chi connectivity index (χ3v) is 4.95. The van der Waals surface area contributed by atoms with E-state index in [0.29, 0.717) is 24.6 Å². The van der Waals surface area contributed by atoms with Crippen LogP contribution in [0.4, 0.5) is 0 Å². The Hall–Kier alpha value is -2.40. The van der Waals surface area contributed by atoms with Crippen LogP contribution < -0.4 is 10.5 Å². The number of hydrogen-bond acceptors (Lipinski definition) is 4. The zero-order chi connectivity index (χ0) is 18.4. The summed E-state index contributed by atoms with van der Waals surface area (Å²) in [5, 5.41) is 0. The smallest absolute Gasteiger partial charge is 0.259 e. The zero-order valence-electron chi connectivity index (χ0n) is 15.3. The second-order valence-electron chi connectivity index (χ2n) is 6.80. The Morgan fingerprint density at radius 2 is 2.04 bits per heavy atom. The van der Waals surface area contributed by atoms with E-state index in [1.807, 2.05) is 42.2 Å². The average Bonchev–Trinajstić information content (AvgIpc) is 2.68. The van der Waals surface area contributed by atoms with Gasteiger partial charge in [-0.2, -0.15) is 0 Å². The molecule has 1 saturated carbocycles. The number of nitrogens with two attached hydrogens (primary N) is 1. The van der Waals surface area contributed by atoms with Gasteiger partial charge in [-0.3, -0.25) is 4.79 Å². The van der Waals surface area contributed by atoms with Gasteiger partial charge in [0, 0.05) is 24.8 Å². The van der Waals surface area contributed by atoms with Gasteiger partial charge in [0.2, 0.25) is 5.88 Å². The number of carbonyl (C=O) groups excluding carboxylic acids is 1. The molecule has 1 heterocycles. The molecule has 0 saturated heterocycles. The molecule has 5 heteroatoms. The van der Waals surface area contributed by atoms with Crippen molar-refractivity contribution >= 4 is 5.91 Å². The Morgan fingerprint density at radius 3 is 2.77 bits per heavy atom. The fourth-order valence-electron chi connectivity index (χ4n) is 3.60. The monoisotopic (exact) mass is 353 g/mol. The van der Waals surface area contributed by atoms with E-state index in [-0.39, 0.29) is 18.0 Å². The lowest BCUT2D eigenvalue weighted by Gasteiger charge is -2.36. The molecule has 0 radical (unpaired) electrons. The zero-order valence-corrected chi connectivity index (χ0v) is 15.3. The number of ether oxygens (including phenoxy) is 1. The average molecular weight is 353 g/mol. The van der Waals surface area contributed by atoms with E-state index in [2.05, 4.69) is 4.98 Å². The van der Waals surface area contributed by atoms with Gasteiger partial charge >= 0.3 is 0 Å². The van der Waals surface area contributed by atoms with Crippen molar-refractivity contribution in [2.24, 2.45) is 5.73 Å². The Morgan fingerprint density at radius 1 is 1.23 bits per heavy atom. The van der Waals surface area contributed by atoms with Gasteiger partial charge in [-0.1, -0.05) is 30.3 Å². The molecule has 2 atom stereocenters. The maximum absolute atomic E-state index is 13.2. The molecule has 2 aromatic rings. The number of carbonyl (C=O) groups is 1. The van der Waals surface area contributed by atoms with Gasteiger partial charge in [0.05, 0.1) is 0 Å². The van der Waals surface area contributed by atoms with Crippen molar-refractivity contribution in [2.45, 2.75) is 51.3 Å². The van der Waals surface area contributed by atoms with Crippen LogP contribution in [0, 0.1) is 0 Å². The minimum Gasteiger partial charge on any atom is -0.472 e. The molecule has 1 aliphatic carbocycles. The van der Waals surface area contributed by atoms with Crippen molar-refractivity contribution in [1.82, 2.24) is 9.88 Å². The van der Waals surface area contributed by atoms with E-state index in [1.54, 1.807) is 18.3 Å². The molecule has 0 aliphatic heterocycles. The first kappa shape index (κ1) is 18.4. The van der Waals surface area contributed by atoms with Crippen LogP contribution in [0.1, 0.15) is 48.5 Å². The summed E-state index contributed by atoms with van der Waals surface area (Å²) in [6.07, 6.45) is 5.64. The molecule has 3 rings (SSSR count). The van der Waals surface area contributed by atoms with E-state index in [1.165, 1.54) is 0 Å². The topological polar surface area (TPSA) is 68.5 Å². The molecule has 1 amide bonds. The van der Waals surface area contributed by atoms with E-state index < -0.39 is 0 Å². The molecule has 26 heavy (non-hydrogen) atoms. The largest absolute Gasteiger partial charge is 0.472 e. The standard InChI is InChI=1S/C21H27N3O2/c1-2-24(18-11-6-10-17(22)14-18)21(25)19-12-7-13-23-20(19)26-15-16-8-4-3-5-9-16/h3-5,7-9,12-13,17-18H,2,6,10-11,14-15,22H2,1H3/t17-,18+/m0/s1. The molecule has 138 valence electrons. The summed E-state index contributed by atoms with van der Waals surface area (Å²) in [6, 6.07) is 13.8. The van der Waals surface area contributed by atoms with Crippen molar-refractivity contribution in [1.29, 1.82) is 0 Å². The molecule has 0 spiro atoms. The first-order chi connectivity index (χ1) is 12.7. The van der Waals surface area contributed by atoms with E-state index in [4.69, 9.17) is 10.5 Å². The van der Waals surface area contributed by atoms with Gasteiger partial charge in [-0.25, -0.2) is 4.98 Å².